The molecule has 1 atom stereocenters. The van der Waals surface area contributed by atoms with E-state index in [0.29, 0.717) is 33.7 Å². The van der Waals surface area contributed by atoms with Gasteiger partial charge < -0.3 is 25.8 Å². The van der Waals surface area contributed by atoms with Gasteiger partial charge in [-0.1, -0.05) is 11.6 Å². The van der Waals surface area contributed by atoms with Crippen molar-refractivity contribution in [3.8, 4) is 11.4 Å². The van der Waals surface area contributed by atoms with Crippen LogP contribution in [0.3, 0.4) is 0 Å². The molecule has 9 nitrogen and oxygen atoms in total. The van der Waals surface area contributed by atoms with E-state index in [-0.39, 0.29) is 5.71 Å². The highest BCUT2D eigenvalue weighted by molar-refractivity contribution is 6.31. The molecule has 4 N–H and O–H groups in total. The van der Waals surface area contributed by atoms with Gasteiger partial charge >= 0.3 is 6.18 Å². The third kappa shape index (κ3) is 5.63. The Morgan fingerprint density at radius 2 is 2.06 bits per heavy atom. The maximum absolute atomic E-state index is 12.4. The van der Waals surface area contributed by atoms with Gasteiger partial charge in [0.15, 0.2) is 5.82 Å². The van der Waals surface area contributed by atoms with E-state index in [9.17, 15) is 18.0 Å². The minimum absolute atomic E-state index is 0. The Hall–Kier alpha value is -3.12. The lowest BCUT2D eigenvalue weighted by molar-refractivity contribution is -0.138. The van der Waals surface area contributed by atoms with Crippen LogP contribution in [0.15, 0.2) is 24.5 Å². The summed E-state index contributed by atoms with van der Waals surface area (Å²) >= 11 is 6.12. The zero-order valence-corrected chi connectivity index (χ0v) is 18.4. The number of piperazine rings is 1. The number of H-pyrrole nitrogens is 1. The van der Waals surface area contributed by atoms with Crippen molar-refractivity contribution in [2.45, 2.75) is 19.1 Å². The minimum atomic E-state index is -4.49. The molecule has 0 aliphatic carbocycles. The highest BCUT2D eigenvalue weighted by atomic mass is 35.5. The summed E-state index contributed by atoms with van der Waals surface area (Å²) in [4.78, 5) is 30.8. The van der Waals surface area contributed by atoms with Crippen molar-refractivity contribution in [3.63, 3.8) is 0 Å². The summed E-state index contributed by atoms with van der Waals surface area (Å²) in [7, 11) is 0. The van der Waals surface area contributed by atoms with Gasteiger partial charge in [0.1, 0.15) is 29.9 Å². The van der Waals surface area contributed by atoms with E-state index in [4.69, 9.17) is 16.6 Å². The van der Waals surface area contributed by atoms with Crippen LogP contribution in [0.5, 0.6) is 0 Å². The number of nitrogens with zero attached hydrogens (tertiary/aromatic N) is 4. The largest absolute Gasteiger partial charge is 0.405 e. The standard InChI is InChI=1S/C20H22ClF3N8O.4H2/c1-11(19(33)28-10-20(22,23)24)29-15-7-16(32-4-2-25-3-5-32)31-18(30-15)14-9-27-17-13(14)6-12(21)8-26-17;;;;/h6-9,11,25H,2-5,10H2,1H3,(H,26,27)(H,28,33)(H,29,30,31);4*1H/t11-;;;;/m0..../s1. The summed E-state index contributed by atoms with van der Waals surface area (Å²) in [5.74, 6) is 0.523. The van der Waals surface area contributed by atoms with E-state index < -0.39 is 24.7 Å². The molecule has 1 saturated heterocycles. The number of anilines is 2. The highest BCUT2D eigenvalue weighted by Crippen LogP contribution is 2.30. The van der Waals surface area contributed by atoms with Gasteiger partial charge in [-0.15, -0.1) is 0 Å². The van der Waals surface area contributed by atoms with Gasteiger partial charge in [0.05, 0.1) is 5.02 Å². The Morgan fingerprint density at radius 3 is 2.79 bits per heavy atom. The monoisotopic (exact) mass is 490 g/mol. The predicted octanol–water partition coefficient (Wildman–Crippen LogP) is 3.55. The first-order valence-corrected chi connectivity index (χ1v) is 10.7. The van der Waals surface area contributed by atoms with Gasteiger partial charge in [0, 0.05) is 61.3 Å². The van der Waals surface area contributed by atoms with Crippen LogP contribution in [-0.4, -0.2) is 70.8 Å². The molecule has 0 radical (unpaired) electrons. The molecule has 13 heteroatoms. The number of rotatable bonds is 6. The molecule has 3 aromatic rings. The molecular weight excluding hydrogens is 461 g/mol. The van der Waals surface area contributed by atoms with Crippen LogP contribution in [0.1, 0.15) is 12.6 Å². The van der Waals surface area contributed by atoms with Crippen molar-refractivity contribution in [2.24, 2.45) is 0 Å². The fraction of sp³-hybridized carbons (Fsp3) is 0.400. The lowest BCUT2D eigenvalue weighted by Crippen LogP contribution is -2.44. The topological polar surface area (TPSA) is 111 Å². The summed E-state index contributed by atoms with van der Waals surface area (Å²) in [6.45, 7) is 3.07. The second-order valence-corrected chi connectivity index (χ2v) is 8.06. The van der Waals surface area contributed by atoms with Gasteiger partial charge in [-0.25, -0.2) is 15.0 Å². The summed E-state index contributed by atoms with van der Waals surface area (Å²) in [6.07, 6.45) is -1.25. The first-order valence-electron chi connectivity index (χ1n) is 10.3. The molecule has 1 fully saturated rings. The molecule has 1 aliphatic heterocycles. The SMILES string of the molecule is C[C@H](Nc1cc(N2CCNCC2)nc(-c2c[nH]c3ncc(Cl)cc23)n1)C(=O)NCC(F)(F)F.[HH].[HH].[HH].[HH]. The Morgan fingerprint density at radius 1 is 1.30 bits per heavy atom. The van der Waals surface area contributed by atoms with Crippen molar-refractivity contribution < 1.29 is 23.7 Å². The molecule has 3 aromatic heterocycles. The van der Waals surface area contributed by atoms with E-state index in [2.05, 4.69) is 30.5 Å². The summed E-state index contributed by atoms with van der Waals surface area (Å²) in [5.41, 5.74) is 1.27. The quantitative estimate of drug-likeness (QED) is 0.418. The number of fused-ring (bicyclic) bond motifs is 1. The number of carbonyl (C=O) groups excluding carboxylic acids is 1. The number of hydrogen-bond donors (Lipinski definition) is 4. The number of aromatic amines is 1. The number of pyridine rings is 1. The van der Waals surface area contributed by atoms with Crippen LogP contribution in [0.2, 0.25) is 5.02 Å². The Bertz CT molecular complexity index is 1160. The highest BCUT2D eigenvalue weighted by Gasteiger charge is 2.29. The molecule has 0 saturated carbocycles. The van der Waals surface area contributed by atoms with E-state index in [1.165, 1.54) is 13.1 Å². The molecule has 0 aromatic carbocycles. The second-order valence-electron chi connectivity index (χ2n) is 7.62. The molecule has 184 valence electrons. The first-order chi connectivity index (χ1) is 15.7. The van der Waals surface area contributed by atoms with Gasteiger partial charge in [-0.2, -0.15) is 13.2 Å². The fourth-order valence-electron chi connectivity index (χ4n) is 3.48. The zero-order chi connectivity index (χ0) is 23.6. The zero-order valence-electron chi connectivity index (χ0n) is 17.6. The molecule has 33 heavy (non-hydrogen) atoms. The Balaban J connectivity index is 0.00000324. The first kappa shape index (κ1) is 23.1. The molecule has 4 rings (SSSR count). The molecule has 1 aliphatic rings. The Kier molecular flexibility index (Phi) is 6.56. The number of amides is 1. The number of carbonyl (C=O) groups is 1. The third-order valence-corrected chi connectivity index (χ3v) is 5.32. The lowest BCUT2D eigenvalue weighted by atomic mass is 10.2. The second kappa shape index (κ2) is 9.40. The van der Waals surface area contributed by atoms with Crippen molar-refractivity contribution >= 4 is 40.2 Å². The van der Waals surface area contributed by atoms with Gasteiger partial charge in [0.25, 0.3) is 0 Å². The van der Waals surface area contributed by atoms with Gasteiger partial charge in [-0.05, 0) is 13.0 Å². The number of hydrogen-bond acceptors (Lipinski definition) is 7. The molecule has 0 unspecified atom stereocenters. The normalized spacial score (nSPS) is 15.5. The smallest absolute Gasteiger partial charge is 0.358 e. The van der Waals surface area contributed by atoms with Crippen LogP contribution in [0.4, 0.5) is 24.8 Å². The molecule has 0 spiro atoms. The van der Waals surface area contributed by atoms with Crippen molar-refractivity contribution in [1.82, 2.24) is 30.6 Å². The maximum atomic E-state index is 12.4. The minimum Gasteiger partial charge on any atom is -0.358 e. The summed E-state index contributed by atoms with van der Waals surface area (Å²) < 4.78 is 37.3. The van der Waals surface area contributed by atoms with Crippen LogP contribution < -0.4 is 20.9 Å². The number of alkyl halides is 3. The van der Waals surface area contributed by atoms with Gasteiger partial charge in [0.2, 0.25) is 5.91 Å². The van der Waals surface area contributed by atoms with Crippen molar-refractivity contribution in [3.05, 3.63) is 29.5 Å². The number of halogens is 4. The van der Waals surface area contributed by atoms with E-state index in [1.807, 2.05) is 5.32 Å². The average molecular weight is 491 g/mol. The van der Waals surface area contributed by atoms with E-state index in [0.717, 1.165) is 31.6 Å². The van der Waals surface area contributed by atoms with Crippen LogP contribution in [0.25, 0.3) is 22.4 Å². The van der Waals surface area contributed by atoms with Gasteiger partial charge in [-0.3, -0.25) is 4.79 Å². The maximum Gasteiger partial charge on any atom is 0.405 e. The third-order valence-electron chi connectivity index (χ3n) is 5.11. The van der Waals surface area contributed by atoms with E-state index >= 15 is 0 Å². The van der Waals surface area contributed by atoms with Crippen LogP contribution in [0, 0.1) is 0 Å². The lowest BCUT2D eigenvalue weighted by Gasteiger charge is -2.29. The Labute approximate surface area is 198 Å². The number of aromatic nitrogens is 4. The van der Waals surface area contributed by atoms with Crippen molar-refractivity contribution in [1.29, 1.82) is 0 Å². The fourth-order valence-corrected chi connectivity index (χ4v) is 3.63. The molecular formula is C20H30ClF3N8O. The molecule has 0 bridgehead atoms. The van der Waals surface area contributed by atoms with Crippen LogP contribution in [-0.2, 0) is 4.79 Å². The predicted molar refractivity (Wildman–Crippen MR) is 128 cm³/mol. The molecule has 1 amide bonds. The number of nitrogens with one attached hydrogen (secondary N) is 4. The summed E-state index contributed by atoms with van der Waals surface area (Å²) in [6, 6.07) is 2.48. The van der Waals surface area contributed by atoms with E-state index in [1.54, 1.807) is 18.3 Å². The van der Waals surface area contributed by atoms with Crippen molar-refractivity contribution in [2.75, 3.05) is 42.9 Å². The molecule has 4 heterocycles. The summed E-state index contributed by atoms with van der Waals surface area (Å²) in [5, 5.41) is 9.22. The average Bonchev–Trinajstić information content (AvgIpc) is 3.20. The van der Waals surface area contributed by atoms with Crippen LogP contribution >= 0.6 is 11.6 Å².